The summed E-state index contributed by atoms with van der Waals surface area (Å²) in [6, 6.07) is 9.56. The number of rotatable bonds is 8. The van der Waals surface area contributed by atoms with Gasteiger partial charge in [-0.3, -0.25) is 9.89 Å². The minimum Gasteiger partial charge on any atom is -0.379 e. The monoisotopic (exact) mass is 436 g/mol. The van der Waals surface area contributed by atoms with Crippen LogP contribution in [0.2, 0.25) is 0 Å². The van der Waals surface area contributed by atoms with Gasteiger partial charge in [-0.25, -0.2) is 4.39 Å². The molecule has 0 radical (unpaired) electrons. The van der Waals surface area contributed by atoms with Crippen LogP contribution in [-0.4, -0.2) is 57.0 Å². The lowest BCUT2D eigenvalue weighted by molar-refractivity contribution is 0.0177. The van der Waals surface area contributed by atoms with Gasteiger partial charge in [-0.05, 0) is 41.0 Å². The highest BCUT2D eigenvalue weighted by atomic mass is 32.2. The van der Waals surface area contributed by atoms with Gasteiger partial charge in [0.1, 0.15) is 5.82 Å². The van der Waals surface area contributed by atoms with Crippen molar-refractivity contribution in [3.05, 3.63) is 57.5 Å². The summed E-state index contributed by atoms with van der Waals surface area (Å²) in [5.41, 5.74) is 2.11. The van der Waals surface area contributed by atoms with E-state index in [1.807, 2.05) is 12.3 Å². The SMILES string of the molecule is CN=C(NCc1ccc(F)cc1CSC)NCC(c1cccs1)N1CCOCC1. The standard InChI is InChI=1S/C21H29FN4OS2/c1-23-21(24-13-16-5-6-18(22)12-17(16)15-28-2)25-14-19(20-4-3-11-29-20)26-7-9-27-10-8-26/h3-6,11-12,19H,7-10,13-15H2,1-2H3,(H2,23,24,25). The molecule has 1 atom stereocenters. The van der Waals surface area contributed by atoms with Crippen LogP contribution in [0.15, 0.2) is 40.7 Å². The maximum Gasteiger partial charge on any atom is 0.191 e. The number of ether oxygens (including phenoxy) is 1. The Morgan fingerprint density at radius 1 is 1.28 bits per heavy atom. The third kappa shape index (κ3) is 6.44. The van der Waals surface area contributed by atoms with Crippen molar-refractivity contribution in [2.75, 3.05) is 46.2 Å². The average molecular weight is 437 g/mol. The Morgan fingerprint density at radius 3 is 2.79 bits per heavy atom. The average Bonchev–Trinajstić information content (AvgIpc) is 3.27. The number of benzene rings is 1. The zero-order valence-electron chi connectivity index (χ0n) is 17.0. The predicted molar refractivity (Wildman–Crippen MR) is 121 cm³/mol. The summed E-state index contributed by atoms with van der Waals surface area (Å²) >= 11 is 3.47. The van der Waals surface area contributed by atoms with Gasteiger partial charge in [0.15, 0.2) is 5.96 Å². The van der Waals surface area contributed by atoms with E-state index in [-0.39, 0.29) is 11.9 Å². The molecule has 0 bridgehead atoms. The first kappa shape index (κ1) is 22.1. The molecule has 2 aromatic rings. The minimum absolute atomic E-state index is 0.190. The Hall–Kier alpha value is -1.61. The lowest BCUT2D eigenvalue weighted by Crippen LogP contribution is -2.46. The highest BCUT2D eigenvalue weighted by Crippen LogP contribution is 2.25. The third-order valence-corrected chi connectivity index (χ3v) is 6.53. The van der Waals surface area contributed by atoms with Crippen LogP contribution in [0.5, 0.6) is 0 Å². The molecule has 0 saturated carbocycles. The van der Waals surface area contributed by atoms with Crippen molar-refractivity contribution in [3.8, 4) is 0 Å². The minimum atomic E-state index is -0.190. The van der Waals surface area contributed by atoms with Gasteiger partial charge in [0, 0.05) is 43.9 Å². The van der Waals surface area contributed by atoms with Crippen LogP contribution in [-0.2, 0) is 17.0 Å². The molecule has 158 valence electrons. The van der Waals surface area contributed by atoms with Crippen molar-refractivity contribution in [1.29, 1.82) is 0 Å². The van der Waals surface area contributed by atoms with E-state index in [2.05, 4.69) is 38.0 Å². The van der Waals surface area contributed by atoms with Gasteiger partial charge in [0.25, 0.3) is 0 Å². The molecule has 2 N–H and O–H groups in total. The molecule has 1 aliphatic rings. The number of halogens is 1. The van der Waals surface area contributed by atoms with E-state index in [1.54, 1.807) is 36.2 Å². The van der Waals surface area contributed by atoms with Gasteiger partial charge in [0.05, 0.1) is 19.3 Å². The highest BCUT2D eigenvalue weighted by molar-refractivity contribution is 7.97. The number of morpholine rings is 1. The van der Waals surface area contributed by atoms with E-state index in [0.29, 0.717) is 6.54 Å². The van der Waals surface area contributed by atoms with Gasteiger partial charge in [-0.1, -0.05) is 12.1 Å². The molecule has 1 saturated heterocycles. The van der Waals surface area contributed by atoms with Crippen LogP contribution in [0.25, 0.3) is 0 Å². The number of nitrogens with one attached hydrogen (secondary N) is 2. The summed E-state index contributed by atoms with van der Waals surface area (Å²) in [4.78, 5) is 8.18. The number of hydrogen-bond acceptors (Lipinski definition) is 5. The van der Waals surface area contributed by atoms with Gasteiger partial charge in [-0.15, -0.1) is 11.3 Å². The fraction of sp³-hybridized carbons (Fsp3) is 0.476. The molecule has 1 aromatic carbocycles. The smallest absolute Gasteiger partial charge is 0.191 e. The summed E-state index contributed by atoms with van der Waals surface area (Å²) in [7, 11) is 1.78. The van der Waals surface area contributed by atoms with E-state index in [9.17, 15) is 4.39 Å². The van der Waals surface area contributed by atoms with Crippen molar-refractivity contribution in [3.63, 3.8) is 0 Å². The molecule has 0 amide bonds. The molecule has 1 fully saturated rings. The lowest BCUT2D eigenvalue weighted by atomic mass is 10.1. The Kier molecular flexibility index (Phi) is 8.79. The number of hydrogen-bond donors (Lipinski definition) is 2. The van der Waals surface area contributed by atoms with Crippen molar-refractivity contribution in [2.24, 2.45) is 4.99 Å². The molecule has 0 aliphatic carbocycles. The van der Waals surface area contributed by atoms with Gasteiger partial charge < -0.3 is 15.4 Å². The molecule has 1 aliphatic heterocycles. The van der Waals surface area contributed by atoms with E-state index >= 15 is 0 Å². The second-order valence-corrected chi connectivity index (χ2v) is 8.68. The molecular formula is C21H29FN4OS2. The molecule has 8 heteroatoms. The molecule has 3 rings (SSSR count). The topological polar surface area (TPSA) is 48.9 Å². The fourth-order valence-electron chi connectivity index (χ4n) is 3.43. The lowest BCUT2D eigenvalue weighted by Gasteiger charge is -2.34. The van der Waals surface area contributed by atoms with Crippen LogP contribution in [0.1, 0.15) is 22.0 Å². The van der Waals surface area contributed by atoms with Gasteiger partial charge >= 0.3 is 0 Å². The number of aliphatic imine (C=N–C) groups is 1. The Balaban J connectivity index is 1.60. The summed E-state index contributed by atoms with van der Waals surface area (Å²) in [5, 5.41) is 8.97. The van der Waals surface area contributed by atoms with E-state index < -0.39 is 0 Å². The Morgan fingerprint density at radius 2 is 2.10 bits per heavy atom. The normalized spacial score (nSPS) is 16.6. The maximum absolute atomic E-state index is 13.6. The number of thioether (sulfide) groups is 1. The predicted octanol–water partition coefficient (Wildman–Crippen LogP) is 3.49. The second kappa shape index (κ2) is 11.5. The fourth-order valence-corrected chi connectivity index (χ4v) is 4.87. The first-order valence-corrected chi connectivity index (χ1v) is 12.0. The van der Waals surface area contributed by atoms with Crippen LogP contribution >= 0.6 is 23.1 Å². The second-order valence-electron chi connectivity index (χ2n) is 6.83. The first-order chi connectivity index (χ1) is 14.2. The van der Waals surface area contributed by atoms with Crippen LogP contribution in [0.4, 0.5) is 4.39 Å². The quantitative estimate of drug-likeness (QED) is 0.490. The Labute approximate surface area is 180 Å². The van der Waals surface area contributed by atoms with Crippen LogP contribution < -0.4 is 10.6 Å². The number of guanidine groups is 1. The number of nitrogens with zero attached hydrogens (tertiary/aromatic N) is 2. The summed E-state index contributed by atoms with van der Waals surface area (Å²) < 4.78 is 19.1. The largest absolute Gasteiger partial charge is 0.379 e. The van der Waals surface area contributed by atoms with Crippen molar-refractivity contribution in [2.45, 2.75) is 18.3 Å². The molecule has 1 aromatic heterocycles. The molecule has 1 unspecified atom stereocenters. The summed E-state index contributed by atoms with van der Waals surface area (Å²) in [6.07, 6.45) is 2.03. The molecular weight excluding hydrogens is 407 g/mol. The molecule has 0 spiro atoms. The first-order valence-electron chi connectivity index (χ1n) is 9.77. The summed E-state index contributed by atoms with van der Waals surface area (Å²) in [6.45, 7) is 4.79. The zero-order valence-corrected chi connectivity index (χ0v) is 18.6. The Bertz CT molecular complexity index is 779. The highest BCUT2D eigenvalue weighted by Gasteiger charge is 2.23. The maximum atomic E-state index is 13.6. The molecule has 2 heterocycles. The third-order valence-electron chi connectivity index (χ3n) is 4.96. The molecule has 5 nitrogen and oxygen atoms in total. The van der Waals surface area contributed by atoms with E-state index in [0.717, 1.165) is 55.7 Å². The van der Waals surface area contributed by atoms with Gasteiger partial charge in [-0.2, -0.15) is 11.8 Å². The summed E-state index contributed by atoms with van der Waals surface area (Å²) in [5.74, 6) is 1.35. The van der Waals surface area contributed by atoms with E-state index in [1.165, 1.54) is 10.9 Å². The van der Waals surface area contributed by atoms with Gasteiger partial charge in [0.2, 0.25) is 0 Å². The van der Waals surface area contributed by atoms with Crippen molar-refractivity contribution >= 4 is 29.1 Å². The van der Waals surface area contributed by atoms with Crippen LogP contribution in [0.3, 0.4) is 0 Å². The van der Waals surface area contributed by atoms with Crippen molar-refractivity contribution < 1.29 is 9.13 Å². The molecule has 29 heavy (non-hydrogen) atoms. The van der Waals surface area contributed by atoms with Crippen molar-refractivity contribution in [1.82, 2.24) is 15.5 Å². The van der Waals surface area contributed by atoms with E-state index in [4.69, 9.17) is 4.74 Å². The number of thiophene rings is 1. The van der Waals surface area contributed by atoms with Crippen LogP contribution in [0, 0.1) is 5.82 Å². The zero-order chi connectivity index (χ0) is 20.5.